The van der Waals surface area contributed by atoms with E-state index in [1.165, 1.54) is 18.2 Å². The van der Waals surface area contributed by atoms with E-state index in [-0.39, 0.29) is 24.4 Å². The average molecular weight is 274 g/mol. The number of aliphatic hydroxyl groups is 2. The number of nitrogens with zero attached hydrogens (tertiary/aromatic N) is 2. The molecule has 1 rings (SSSR count). The molecule has 0 heterocycles. The second-order valence-electron chi connectivity index (χ2n) is 3.88. The Morgan fingerprint density at radius 2 is 1.95 bits per heavy atom. The summed E-state index contributed by atoms with van der Waals surface area (Å²) < 4.78 is 37.3. The molecule has 2 N–H and O–H groups in total. The summed E-state index contributed by atoms with van der Waals surface area (Å²) in [6, 6.07) is 5.90. The van der Waals surface area contributed by atoms with Gasteiger partial charge >= 0.3 is 6.18 Å². The molecule has 0 aliphatic rings. The van der Waals surface area contributed by atoms with Crippen LogP contribution in [0, 0.1) is 11.3 Å². The van der Waals surface area contributed by atoms with Gasteiger partial charge in [0.2, 0.25) is 0 Å². The summed E-state index contributed by atoms with van der Waals surface area (Å²) in [5.74, 6) is 0. The molecule has 19 heavy (non-hydrogen) atoms. The molecule has 0 spiro atoms. The van der Waals surface area contributed by atoms with Crippen LogP contribution in [-0.2, 0) is 6.61 Å². The first-order valence-corrected chi connectivity index (χ1v) is 5.47. The van der Waals surface area contributed by atoms with Gasteiger partial charge in [-0.3, -0.25) is 0 Å². The van der Waals surface area contributed by atoms with Crippen LogP contribution in [0.2, 0.25) is 0 Å². The molecule has 1 aromatic rings. The second-order valence-corrected chi connectivity index (χ2v) is 3.88. The van der Waals surface area contributed by atoms with Gasteiger partial charge < -0.3 is 15.1 Å². The Labute approximate surface area is 108 Å². The van der Waals surface area contributed by atoms with Gasteiger partial charge in [-0.25, -0.2) is 0 Å². The molecular weight excluding hydrogens is 261 g/mol. The normalized spacial score (nSPS) is 11.2. The highest BCUT2D eigenvalue weighted by molar-refractivity contribution is 5.60. The zero-order valence-electron chi connectivity index (χ0n) is 9.98. The third kappa shape index (κ3) is 4.43. The fourth-order valence-electron chi connectivity index (χ4n) is 1.67. The number of hydrogen-bond acceptors (Lipinski definition) is 4. The zero-order valence-corrected chi connectivity index (χ0v) is 9.98. The highest BCUT2D eigenvalue weighted by Crippen LogP contribution is 2.25. The number of alkyl halides is 3. The van der Waals surface area contributed by atoms with E-state index >= 15 is 0 Å². The van der Waals surface area contributed by atoms with Crippen molar-refractivity contribution in [2.24, 2.45) is 0 Å². The summed E-state index contributed by atoms with van der Waals surface area (Å²) in [5, 5.41) is 26.7. The first-order valence-electron chi connectivity index (χ1n) is 5.47. The number of anilines is 1. The molecule has 4 nitrogen and oxygen atoms in total. The lowest BCUT2D eigenvalue weighted by Gasteiger charge is -2.26. The van der Waals surface area contributed by atoms with E-state index in [2.05, 4.69) is 0 Å². The standard InChI is InChI=1S/C12H13F3N2O2/c13-12(14,15)8-17(3-4-18)11-2-1-9(7-19)5-10(11)6-16/h1-2,5,18-19H,3-4,7-8H2. The van der Waals surface area contributed by atoms with E-state index in [1.54, 1.807) is 6.07 Å². The van der Waals surface area contributed by atoms with E-state index in [9.17, 15) is 13.2 Å². The minimum absolute atomic E-state index is 0.0317. The minimum atomic E-state index is -4.43. The number of rotatable bonds is 5. The molecular formula is C12H13F3N2O2. The van der Waals surface area contributed by atoms with Crippen molar-refractivity contribution >= 4 is 5.69 Å². The number of benzene rings is 1. The molecule has 0 bridgehead atoms. The van der Waals surface area contributed by atoms with Crippen LogP contribution in [0.15, 0.2) is 18.2 Å². The molecule has 0 aliphatic carbocycles. The number of hydrogen-bond donors (Lipinski definition) is 2. The monoisotopic (exact) mass is 274 g/mol. The largest absolute Gasteiger partial charge is 0.405 e. The Balaban J connectivity index is 3.12. The molecule has 1 aromatic carbocycles. The van der Waals surface area contributed by atoms with Gasteiger partial charge in [-0.15, -0.1) is 0 Å². The fraction of sp³-hybridized carbons (Fsp3) is 0.417. The molecule has 0 radical (unpaired) electrons. The van der Waals surface area contributed by atoms with Crippen LogP contribution in [-0.4, -0.2) is 36.1 Å². The van der Waals surface area contributed by atoms with E-state index in [0.717, 1.165) is 4.90 Å². The van der Waals surface area contributed by atoms with Crippen LogP contribution in [0.25, 0.3) is 0 Å². The fourth-order valence-corrected chi connectivity index (χ4v) is 1.67. The molecule has 0 fully saturated rings. The van der Waals surface area contributed by atoms with Crippen molar-refractivity contribution in [3.63, 3.8) is 0 Å². The summed E-state index contributed by atoms with van der Waals surface area (Å²) in [6.07, 6.45) is -4.43. The Morgan fingerprint density at radius 3 is 2.42 bits per heavy atom. The Morgan fingerprint density at radius 1 is 1.26 bits per heavy atom. The Kier molecular flexibility index (Phi) is 5.15. The van der Waals surface area contributed by atoms with Crippen molar-refractivity contribution < 1.29 is 23.4 Å². The maximum atomic E-state index is 12.4. The maximum Gasteiger partial charge on any atom is 0.405 e. The van der Waals surface area contributed by atoms with Crippen molar-refractivity contribution in [2.45, 2.75) is 12.8 Å². The predicted molar refractivity (Wildman–Crippen MR) is 62.4 cm³/mol. The van der Waals surface area contributed by atoms with E-state index in [0.29, 0.717) is 5.56 Å². The third-order valence-corrected chi connectivity index (χ3v) is 2.44. The molecule has 0 aliphatic heterocycles. The van der Waals surface area contributed by atoms with Crippen LogP contribution >= 0.6 is 0 Å². The van der Waals surface area contributed by atoms with Gasteiger partial charge in [0.25, 0.3) is 0 Å². The van der Waals surface area contributed by atoms with Crippen LogP contribution in [0.5, 0.6) is 0 Å². The predicted octanol–water partition coefficient (Wildman–Crippen LogP) is 1.41. The molecule has 0 saturated heterocycles. The number of halogens is 3. The molecule has 0 aromatic heterocycles. The van der Waals surface area contributed by atoms with Gasteiger partial charge in [-0.2, -0.15) is 18.4 Å². The summed E-state index contributed by atoms with van der Waals surface area (Å²) in [7, 11) is 0. The lowest BCUT2D eigenvalue weighted by Crippen LogP contribution is -2.36. The van der Waals surface area contributed by atoms with Crippen molar-refractivity contribution in [3.8, 4) is 6.07 Å². The third-order valence-electron chi connectivity index (χ3n) is 2.44. The SMILES string of the molecule is N#Cc1cc(CO)ccc1N(CCO)CC(F)(F)F. The summed E-state index contributed by atoms with van der Waals surface area (Å²) in [6.45, 7) is -2.23. The highest BCUT2D eigenvalue weighted by atomic mass is 19.4. The summed E-state index contributed by atoms with van der Waals surface area (Å²) >= 11 is 0. The maximum absolute atomic E-state index is 12.4. The van der Waals surface area contributed by atoms with Crippen LogP contribution in [0.4, 0.5) is 18.9 Å². The van der Waals surface area contributed by atoms with Gasteiger partial charge in [0.05, 0.1) is 24.5 Å². The summed E-state index contributed by atoms with van der Waals surface area (Å²) in [4.78, 5) is 0.889. The van der Waals surface area contributed by atoms with Crippen molar-refractivity contribution in [3.05, 3.63) is 29.3 Å². The minimum Gasteiger partial charge on any atom is -0.395 e. The van der Waals surface area contributed by atoms with Gasteiger partial charge in [0.1, 0.15) is 12.6 Å². The van der Waals surface area contributed by atoms with Gasteiger partial charge in [0.15, 0.2) is 0 Å². The average Bonchev–Trinajstić information content (AvgIpc) is 2.36. The van der Waals surface area contributed by atoms with Crippen molar-refractivity contribution in [1.29, 1.82) is 5.26 Å². The molecule has 0 atom stereocenters. The number of nitriles is 1. The zero-order chi connectivity index (χ0) is 14.5. The number of aliphatic hydroxyl groups excluding tert-OH is 2. The van der Waals surface area contributed by atoms with Gasteiger partial charge in [-0.05, 0) is 17.7 Å². The van der Waals surface area contributed by atoms with E-state index < -0.39 is 19.3 Å². The van der Waals surface area contributed by atoms with E-state index in [1.807, 2.05) is 0 Å². The summed E-state index contributed by atoms with van der Waals surface area (Å²) in [5.41, 5.74) is 0.562. The first kappa shape index (κ1) is 15.3. The highest BCUT2D eigenvalue weighted by Gasteiger charge is 2.31. The lowest BCUT2D eigenvalue weighted by atomic mass is 10.1. The first-order chi connectivity index (χ1) is 8.91. The van der Waals surface area contributed by atoms with Crippen LogP contribution < -0.4 is 4.90 Å². The van der Waals surface area contributed by atoms with Gasteiger partial charge in [0, 0.05) is 6.54 Å². The molecule has 0 saturated carbocycles. The van der Waals surface area contributed by atoms with Crippen molar-refractivity contribution in [1.82, 2.24) is 0 Å². The van der Waals surface area contributed by atoms with Gasteiger partial charge in [-0.1, -0.05) is 6.07 Å². The second kappa shape index (κ2) is 6.41. The lowest BCUT2D eigenvalue weighted by molar-refractivity contribution is -0.119. The smallest absolute Gasteiger partial charge is 0.395 e. The van der Waals surface area contributed by atoms with E-state index in [4.69, 9.17) is 15.5 Å². The molecule has 7 heteroatoms. The van der Waals surface area contributed by atoms with Crippen LogP contribution in [0.3, 0.4) is 0 Å². The molecule has 104 valence electrons. The van der Waals surface area contributed by atoms with Crippen LogP contribution in [0.1, 0.15) is 11.1 Å². The topological polar surface area (TPSA) is 67.5 Å². The van der Waals surface area contributed by atoms with Crippen molar-refractivity contribution in [2.75, 3.05) is 24.6 Å². The molecule has 0 amide bonds. The Bertz CT molecular complexity index is 469. The quantitative estimate of drug-likeness (QED) is 0.852. The Hall–Kier alpha value is -1.78. The molecule has 0 unspecified atom stereocenters.